The number of carbonyl (C=O) groups is 4. The number of aliphatic imine (C=N–C) groups is 1. The summed E-state index contributed by atoms with van der Waals surface area (Å²) in [5.74, 6) is -1.69. The predicted octanol–water partition coefficient (Wildman–Crippen LogP) is 1.89. The average molecular weight is 681 g/mol. The molecule has 0 radical (unpaired) electrons. The molecule has 1 aliphatic rings. The summed E-state index contributed by atoms with van der Waals surface area (Å²) < 4.78 is 13.4. The first kappa shape index (κ1) is 38.9. The second kappa shape index (κ2) is 20.1. The predicted molar refractivity (Wildman–Crippen MR) is 188 cm³/mol. The van der Waals surface area contributed by atoms with Gasteiger partial charge in [0.05, 0.1) is 6.04 Å². The minimum absolute atomic E-state index is 0.0483. The van der Waals surface area contributed by atoms with Gasteiger partial charge in [0.25, 0.3) is 0 Å². The first-order valence-electron chi connectivity index (χ1n) is 17.3. The van der Waals surface area contributed by atoms with Crippen LogP contribution in [0.1, 0.15) is 69.9 Å². The minimum Gasteiger partial charge on any atom is -0.370 e. The van der Waals surface area contributed by atoms with Gasteiger partial charge in [0, 0.05) is 26.1 Å². The summed E-state index contributed by atoms with van der Waals surface area (Å²) in [6.07, 6.45) is 4.61. The number of unbranched alkanes of at least 4 members (excludes halogenated alkanes) is 1. The Morgan fingerprint density at radius 1 is 0.816 bits per heavy atom. The largest absolute Gasteiger partial charge is 0.370 e. The molecule has 2 aromatic rings. The summed E-state index contributed by atoms with van der Waals surface area (Å²) in [6.45, 7) is 5.66. The van der Waals surface area contributed by atoms with Crippen LogP contribution >= 0.6 is 0 Å². The number of rotatable bonds is 18. The first-order valence-corrected chi connectivity index (χ1v) is 17.3. The zero-order chi connectivity index (χ0) is 35.8. The molecule has 12 nitrogen and oxygen atoms in total. The number of piperidine rings is 1. The Morgan fingerprint density at radius 2 is 1.39 bits per heavy atom. The van der Waals surface area contributed by atoms with E-state index < -0.39 is 47.7 Å². The molecule has 0 bridgehead atoms. The third-order valence-electron chi connectivity index (χ3n) is 8.76. The summed E-state index contributed by atoms with van der Waals surface area (Å²) in [6, 6.07) is 11.1. The Bertz CT molecular complexity index is 1380. The fourth-order valence-corrected chi connectivity index (χ4v) is 5.74. The van der Waals surface area contributed by atoms with Crippen molar-refractivity contribution >= 4 is 29.6 Å². The van der Waals surface area contributed by atoms with Crippen LogP contribution in [-0.2, 0) is 32.0 Å². The fourth-order valence-electron chi connectivity index (χ4n) is 5.74. The van der Waals surface area contributed by atoms with Crippen molar-refractivity contribution in [3.05, 3.63) is 71.5 Å². The van der Waals surface area contributed by atoms with Gasteiger partial charge in [0.2, 0.25) is 23.6 Å². The zero-order valence-electron chi connectivity index (χ0n) is 28.7. The quantitative estimate of drug-likeness (QED) is 0.0785. The highest BCUT2D eigenvalue weighted by molar-refractivity contribution is 5.95. The molecule has 1 aliphatic heterocycles. The number of halogens is 1. The Balaban J connectivity index is 1.76. The molecule has 0 spiro atoms. The lowest BCUT2D eigenvalue weighted by Gasteiger charge is -2.34. The molecule has 9 N–H and O–H groups in total. The monoisotopic (exact) mass is 680 g/mol. The van der Waals surface area contributed by atoms with E-state index in [1.54, 1.807) is 17.0 Å². The van der Waals surface area contributed by atoms with Crippen LogP contribution in [0.4, 0.5) is 4.39 Å². The number of amides is 4. The Hall–Kier alpha value is -4.52. The lowest BCUT2D eigenvalue weighted by Crippen LogP contribution is -2.58. The fraction of sp³-hybridized carbons (Fsp3) is 0.528. The third-order valence-corrected chi connectivity index (χ3v) is 8.76. The van der Waals surface area contributed by atoms with Crippen LogP contribution in [0.25, 0.3) is 0 Å². The van der Waals surface area contributed by atoms with E-state index in [1.165, 1.54) is 12.1 Å². The van der Waals surface area contributed by atoms with E-state index in [0.717, 1.165) is 24.8 Å². The molecule has 268 valence electrons. The highest BCUT2D eigenvalue weighted by Gasteiger charge is 2.32. The van der Waals surface area contributed by atoms with Crippen molar-refractivity contribution in [3.8, 4) is 0 Å². The highest BCUT2D eigenvalue weighted by atomic mass is 19.1. The van der Waals surface area contributed by atoms with Crippen molar-refractivity contribution in [2.45, 2.75) is 95.8 Å². The van der Waals surface area contributed by atoms with Gasteiger partial charge in [0.15, 0.2) is 5.96 Å². The van der Waals surface area contributed by atoms with Crippen molar-refractivity contribution < 1.29 is 23.6 Å². The molecule has 0 unspecified atom stereocenters. The lowest BCUT2D eigenvalue weighted by atomic mass is 9.98. The second-order valence-electron chi connectivity index (χ2n) is 12.9. The molecule has 49 heavy (non-hydrogen) atoms. The summed E-state index contributed by atoms with van der Waals surface area (Å²) in [5.41, 5.74) is 18.6. The number of benzene rings is 2. The lowest BCUT2D eigenvalue weighted by molar-refractivity contribution is -0.139. The Morgan fingerprint density at radius 3 is 2.02 bits per heavy atom. The van der Waals surface area contributed by atoms with Crippen LogP contribution < -0.4 is 33.2 Å². The second-order valence-corrected chi connectivity index (χ2v) is 12.9. The maximum absolute atomic E-state index is 13.9. The van der Waals surface area contributed by atoms with Gasteiger partial charge in [0.1, 0.15) is 23.9 Å². The molecule has 2 aromatic carbocycles. The van der Waals surface area contributed by atoms with E-state index in [2.05, 4.69) is 27.9 Å². The molecule has 4 atom stereocenters. The van der Waals surface area contributed by atoms with Gasteiger partial charge in [-0.3, -0.25) is 24.2 Å². The smallest absolute Gasteiger partial charge is 0.245 e. The van der Waals surface area contributed by atoms with Crippen LogP contribution in [-0.4, -0.2) is 78.3 Å². The number of carbonyl (C=O) groups excluding carboxylic acids is 4. The third kappa shape index (κ3) is 13.5. The Labute approximate surface area is 288 Å². The zero-order valence-corrected chi connectivity index (χ0v) is 28.7. The van der Waals surface area contributed by atoms with Gasteiger partial charge in [-0.1, -0.05) is 69.2 Å². The number of likely N-dealkylation sites (tertiary alicyclic amines) is 1. The molecular weight excluding hydrogens is 627 g/mol. The van der Waals surface area contributed by atoms with Crippen molar-refractivity contribution in [2.75, 3.05) is 19.6 Å². The van der Waals surface area contributed by atoms with E-state index in [9.17, 15) is 23.6 Å². The summed E-state index contributed by atoms with van der Waals surface area (Å²) in [7, 11) is 0. The van der Waals surface area contributed by atoms with Crippen molar-refractivity contribution in [2.24, 2.45) is 28.1 Å². The van der Waals surface area contributed by atoms with Gasteiger partial charge < -0.3 is 38.1 Å². The van der Waals surface area contributed by atoms with E-state index in [1.807, 2.05) is 37.3 Å². The van der Waals surface area contributed by atoms with Crippen molar-refractivity contribution in [3.63, 3.8) is 0 Å². The van der Waals surface area contributed by atoms with E-state index in [-0.39, 0.29) is 24.7 Å². The summed E-state index contributed by atoms with van der Waals surface area (Å²) >= 11 is 0. The van der Waals surface area contributed by atoms with Crippen molar-refractivity contribution in [1.29, 1.82) is 0 Å². The van der Waals surface area contributed by atoms with E-state index in [0.29, 0.717) is 56.8 Å². The van der Waals surface area contributed by atoms with Gasteiger partial charge in [-0.25, -0.2) is 4.39 Å². The molecule has 4 amide bonds. The standard InChI is InChI=1S/C36H53FN8O4/c1-3-4-11-29(33(47)43-30(12-8-19-41-36(39)40)35(49)45-20-17-24(2)18-21-45)42-34(48)31(23-25-9-6-5-7-10-25)44-32(46)28(38)22-26-13-15-27(37)16-14-26/h5-7,9-10,13-16,24,28-31H,3-4,8,11-12,17-23,38H2,1-2H3,(H,42,48)(H,43,47)(H,44,46)(H4,39,40,41)/t28-,29-,30-,31-/m1/s1. The molecule has 0 aromatic heterocycles. The highest BCUT2D eigenvalue weighted by Crippen LogP contribution is 2.18. The van der Waals surface area contributed by atoms with Gasteiger partial charge in [-0.05, 0) is 67.7 Å². The van der Waals surface area contributed by atoms with Crippen molar-refractivity contribution in [1.82, 2.24) is 20.9 Å². The van der Waals surface area contributed by atoms with E-state index >= 15 is 0 Å². The van der Waals surface area contributed by atoms with E-state index in [4.69, 9.17) is 17.2 Å². The SMILES string of the molecule is CCCC[C@@H](NC(=O)[C@@H](Cc1ccccc1)NC(=O)[C@H](N)Cc1ccc(F)cc1)C(=O)N[C@H](CCCN=C(N)N)C(=O)N1CCC(C)CC1. The maximum Gasteiger partial charge on any atom is 0.245 e. The molecule has 1 fully saturated rings. The van der Waals surface area contributed by atoms with Crippen LogP contribution in [0.3, 0.4) is 0 Å². The van der Waals surface area contributed by atoms with Crippen LogP contribution in [0.2, 0.25) is 0 Å². The molecule has 1 heterocycles. The normalized spacial score (nSPS) is 15.7. The molecule has 0 saturated carbocycles. The molecule has 3 rings (SSSR count). The Kier molecular flexibility index (Phi) is 16.0. The molecule has 0 aliphatic carbocycles. The number of guanidine groups is 1. The number of hydrogen-bond donors (Lipinski definition) is 6. The van der Waals surface area contributed by atoms with Gasteiger partial charge in [-0.2, -0.15) is 0 Å². The molecule has 1 saturated heterocycles. The van der Waals surface area contributed by atoms with Gasteiger partial charge >= 0.3 is 0 Å². The summed E-state index contributed by atoms with van der Waals surface area (Å²) in [4.78, 5) is 60.3. The van der Waals surface area contributed by atoms with Gasteiger partial charge in [-0.15, -0.1) is 0 Å². The van der Waals surface area contributed by atoms with Crippen LogP contribution in [0, 0.1) is 11.7 Å². The summed E-state index contributed by atoms with van der Waals surface area (Å²) in [5, 5.41) is 8.54. The topological polar surface area (TPSA) is 198 Å². The van der Waals surface area contributed by atoms with Crippen LogP contribution in [0.15, 0.2) is 59.6 Å². The first-order chi connectivity index (χ1) is 23.5. The molecule has 13 heteroatoms. The van der Waals surface area contributed by atoms with Crippen LogP contribution in [0.5, 0.6) is 0 Å². The average Bonchev–Trinajstić information content (AvgIpc) is 3.08. The number of hydrogen-bond acceptors (Lipinski definition) is 6. The number of nitrogens with one attached hydrogen (secondary N) is 3. The molecular formula is C36H53FN8O4. The maximum atomic E-state index is 13.9. The number of nitrogens with two attached hydrogens (primary N) is 3. The minimum atomic E-state index is -1.04. The number of nitrogens with zero attached hydrogens (tertiary/aromatic N) is 2.